The number of rotatable bonds is 5. The summed E-state index contributed by atoms with van der Waals surface area (Å²) in [6.07, 6.45) is 3.92. The van der Waals surface area contributed by atoms with Crippen LogP contribution in [-0.4, -0.2) is 96.6 Å². The number of carbonyl (C=O) groups is 2. The van der Waals surface area contributed by atoms with Gasteiger partial charge in [0.2, 0.25) is 15.9 Å². The zero-order valence-corrected chi connectivity index (χ0v) is 25.5. The number of carbonyl (C=O) groups excluding carboxylic acids is 2. The van der Waals surface area contributed by atoms with Crippen molar-refractivity contribution >= 4 is 55.5 Å². The number of thiazole rings is 1. The Morgan fingerprint density at radius 1 is 1.00 bits per heavy atom. The molecule has 3 aliphatic heterocycles. The van der Waals surface area contributed by atoms with E-state index in [1.54, 1.807) is 41.3 Å². The number of piperidine rings is 1. The maximum absolute atomic E-state index is 13.8. The SMILES string of the molecule is CN1CCc2nc(C(=O)N3CCN(S(=O)(=O)c4ccc5cc(Cl)ccc5c4)CC3CC(=O)N3CCCCC3)sc2C1. The number of likely N-dealkylation sites (tertiary alicyclic amines) is 1. The normalized spacial score (nSPS) is 20.8. The Morgan fingerprint density at radius 3 is 2.56 bits per heavy atom. The Morgan fingerprint density at radius 2 is 1.76 bits per heavy atom. The van der Waals surface area contributed by atoms with E-state index in [0.717, 1.165) is 60.1 Å². The molecule has 0 N–H and O–H groups in total. The molecule has 6 rings (SSSR count). The molecule has 2 amide bonds. The van der Waals surface area contributed by atoms with Crippen molar-refractivity contribution in [3.05, 3.63) is 57.0 Å². The molecule has 0 spiro atoms. The predicted octanol–water partition coefficient (Wildman–Crippen LogP) is 3.86. The molecular weight excluding hydrogens is 582 g/mol. The molecule has 2 aromatic carbocycles. The fourth-order valence-corrected chi connectivity index (χ4v) is 8.83. The number of nitrogens with zero attached hydrogens (tertiary/aromatic N) is 5. The largest absolute Gasteiger partial charge is 0.343 e. The Labute approximate surface area is 249 Å². The molecular formula is C29H34ClN5O4S2. The van der Waals surface area contributed by atoms with Crippen LogP contribution in [0.3, 0.4) is 0 Å². The number of halogens is 1. The average molecular weight is 616 g/mol. The molecule has 3 aromatic rings. The summed E-state index contributed by atoms with van der Waals surface area (Å²) in [5.41, 5.74) is 0.969. The van der Waals surface area contributed by atoms with Crippen molar-refractivity contribution < 1.29 is 18.0 Å². The van der Waals surface area contributed by atoms with E-state index < -0.39 is 16.1 Å². The predicted molar refractivity (Wildman–Crippen MR) is 160 cm³/mol. The van der Waals surface area contributed by atoms with Gasteiger partial charge in [-0.15, -0.1) is 11.3 Å². The summed E-state index contributed by atoms with van der Waals surface area (Å²) in [5.74, 6) is -0.252. The Balaban J connectivity index is 1.27. The van der Waals surface area contributed by atoms with E-state index in [4.69, 9.17) is 11.6 Å². The van der Waals surface area contributed by atoms with Crippen molar-refractivity contribution in [2.24, 2.45) is 0 Å². The number of aromatic nitrogens is 1. The highest BCUT2D eigenvalue weighted by molar-refractivity contribution is 7.89. The lowest BCUT2D eigenvalue weighted by Crippen LogP contribution is -2.57. The zero-order chi connectivity index (χ0) is 28.7. The number of likely N-dealkylation sites (N-methyl/N-ethyl adjacent to an activating group) is 1. The van der Waals surface area contributed by atoms with Crippen LogP contribution >= 0.6 is 22.9 Å². The van der Waals surface area contributed by atoms with E-state index in [2.05, 4.69) is 16.9 Å². The second-order valence-corrected chi connectivity index (χ2v) is 14.6. The van der Waals surface area contributed by atoms with Crippen LogP contribution in [-0.2, 0) is 27.8 Å². The minimum atomic E-state index is -3.86. The topological polar surface area (TPSA) is 94.1 Å². The van der Waals surface area contributed by atoms with Crippen LogP contribution < -0.4 is 0 Å². The summed E-state index contributed by atoms with van der Waals surface area (Å²) in [6, 6.07) is 9.77. The maximum Gasteiger partial charge on any atom is 0.283 e. The number of amides is 2. The minimum Gasteiger partial charge on any atom is -0.343 e. The summed E-state index contributed by atoms with van der Waals surface area (Å²) in [6.45, 7) is 3.47. The summed E-state index contributed by atoms with van der Waals surface area (Å²) in [4.78, 5) is 38.9. The monoisotopic (exact) mass is 615 g/mol. The first-order valence-electron chi connectivity index (χ1n) is 14.1. The van der Waals surface area contributed by atoms with Gasteiger partial charge in [0, 0.05) is 68.6 Å². The lowest BCUT2D eigenvalue weighted by Gasteiger charge is -2.41. The summed E-state index contributed by atoms with van der Waals surface area (Å²) >= 11 is 7.52. The maximum atomic E-state index is 13.8. The zero-order valence-electron chi connectivity index (χ0n) is 23.1. The van der Waals surface area contributed by atoms with Gasteiger partial charge in [0.25, 0.3) is 5.91 Å². The molecule has 0 aliphatic carbocycles. The number of hydrogen-bond acceptors (Lipinski definition) is 7. The first kappa shape index (κ1) is 28.5. The first-order valence-corrected chi connectivity index (χ1v) is 16.8. The lowest BCUT2D eigenvalue weighted by atomic mass is 10.1. The van der Waals surface area contributed by atoms with Gasteiger partial charge in [0.1, 0.15) is 0 Å². The quantitative estimate of drug-likeness (QED) is 0.433. The molecule has 0 radical (unpaired) electrons. The van der Waals surface area contributed by atoms with Gasteiger partial charge in [0.15, 0.2) is 5.01 Å². The molecule has 4 heterocycles. The van der Waals surface area contributed by atoms with Crippen molar-refractivity contribution in [2.45, 2.75) is 49.6 Å². The van der Waals surface area contributed by atoms with Gasteiger partial charge >= 0.3 is 0 Å². The second-order valence-electron chi connectivity index (χ2n) is 11.2. The molecule has 218 valence electrons. The van der Waals surface area contributed by atoms with Crippen molar-refractivity contribution in [1.29, 1.82) is 0 Å². The van der Waals surface area contributed by atoms with E-state index in [-0.39, 0.29) is 42.8 Å². The van der Waals surface area contributed by atoms with Crippen LogP contribution in [0.25, 0.3) is 10.8 Å². The fourth-order valence-electron chi connectivity index (χ4n) is 6.00. The van der Waals surface area contributed by atoms with Crippen molar-refractivity contribution in [2.75, 3.05) is 46.3 Å². The highest BCUT2D eigenvalue weighted by Gasteiger charge is 2.39. The Bertz CT molecular complexity index is 1590. The molecule has 0 saturated carbocycles. The van der Waals surface area contributed by atoms with E-state index in [9.17, 15) is 18.0 Å². The minimum absolute atomic E-state index is 0.0330. The first-order chi connectivity index (χ1) is 19.7. The Kier molecular flexibility index (Phi) is 8.08. The van der Waals surface area contributed by atoms with E-state index in [1.165, 1.54) is 15.6 Å². The van der Waals surface area contributed by atoms with E-state index in [1.807, 2.05) is 4.90 Å². The van der Waals surface area contributed by atoms with E-state index in [0.29, 0.717) is 23.1 Å². The van der Waals surface area contributed by atoms with Crippen molar-refractivity contribution in [1.82, 2.24) is 24.0 Å². The molecule has 12 heteroatoms. The number of benzene rings is 2. The number of hydrogen-bond donors (Lipinski definition) is 0. The van der Waals surface area contributed by atoms with Crippen LogP contribution in [0, 0.1) is 0 Å². The van der Waals surface area contributed by atoms with Crippen LogP contribution in [0.5, 0.6) is 0 Å². The smallest absolute Gasteiger partial charge is 0.283 e. The standard InChI is InChI=1S/C29H34ClN5O4S2/c1-32-12-9-25-26(19-32)40-28(31-25)29(37)35-14-13-34(18-23(35)17-27(36)33-10-3-2-4-11-33)41(38,39)24-8-6-20-15-22(30)7-5-21(20)16-24/h5-8,15-16,23H,2-4,9-14,17-19H2,1H3. The van der Waals surface area contributed by atoms with Crippen molar-refractivity contribution in [3.63, 3.8) is 0 Å². The molecule has 2 fully saturated rings. The third-order valence-corrected chi connectivity index (χ3v) is 11.5. The molecule has 1 atom stereocenters. The molecule has 2 saturated heterocycles. The summed E-state index contributed by atoms with van der Waals surface area (Å²) in [7, 11) is -1.81. The second kappa shape index (κ2) is 11.6. The summed E-state index contributed by atoms with van der Waals surface area (Å²) < 4.78 is 29.1. The van der Waals surface area contributed by atoms with E-state index >= 15 is 0 Å². The van der Waals surface area contributed by atoms with Gasteiger partial charge in [-0.25, -0.2) is 13.4 Å². The van der Waals surface area contributed by atoms with Gasteiger partial charge in [-0.3, -0.25) is 9.59 Å². The van der Waals surface area contributed by atoms with Gasteiger partial charge in [-0.1, -0.05) is 23.7 Å². The van der Waals surface area contributed by atoms with Crippen molar-refractivity contribution in [3.8, 4) is 0 Å². The third-order valence-electron chi connectivity index (χ3n) is 8.34. The molecule has 3 aliphatic rings. The Hall–Kier alpha value is -2.57. The highest BCUT2D eigenvalue weighted by Crippen LogP contribution is 2.30. The number of sulfonamides is 1. The number of piperazine rings is 1. The molecule has 0 bridgehead atoms. The van der Waals surface area contributed by atoms with Gasteiger partial charge in [-0.05, 0) is 61.3 Å². The highest BCUT2D eigenvalue weighted by atomic mass is 35.5. The average Bonchev–Trinajstić information content (AvgIpc) is 3.40. The molecule has 1 aromatic heterocycles. The molecule has 9 nitrogen and oxygen atoms in total. The van der Waals surface area contributed by atoms with Gasteiger partial charge < -0.3 is 14.7 Å². The third kappa shape index (κ3) is 5.87. The lowest BCUT2D eigenvalue weighted by molar-refractivity contribution is -0.133. The molecule has 41 heavy (non-hydrogen) atoms. The summed E-state index contributed by atoms with van der Waals surface area (Å²) in [5, 5.41) is 2.64. The number of fused-ring (bicyclic) bond motifs is 2. The fraction of sp³-hybridized carbons (Fsp3) is 0.483. The van der Waals surface area contributed by atoms with Gasteiger partial charge in [-0.2, -0.15) is 4.31 Å². The van der Waals surface area contributed by atoms with Gasteiger partial charge in [0.05, 0.1) is 16.6 Å². The van der Waals surface area contributed by atoms with Crippen LogP contribution in [0.2, 0.25) is 5.02 Å². The van der Waals surface area contributed by atoms with Crippen LogP contribution in [0.15, 0.2) is 41.3 Å². The molecule has 1 unspecified atom stereocenters. The van der Waals surface area contributed by atoms with Crippen LogP contribution in [0.4, 0.5) is 0 Å². The van der Waals surface area contributed by atoms with Crippen LogP contribution in [0.1, 0.15) is 46.1 Å².